The second-order valence-electron chi connectivity index (χ2n) is 5.54. The first kappa shape index (κ1) is 17.4. The molecule has 1 rings (SSSR count). The molecule has 20 heavy (non-hydrogen) atoms. The van der Waals surface area contributed by atoms with Gasteiger partial charge in [-0.3, -0.25) is 4.79 Å². The number of methoxy groups -OCH3 is 1. The summed E-state index contributed by atoms with van der Waals surface area (Å²) in [5.74, 6) is 0.0218. The summed E-state index contributed by atoms with van der Waals surface area (Å²) < 4.78 is 11.0. The third-order valence-electron chi connectivity index (χ3n) is 4.81. The number of hydrogen-bond acceptors (Lipinski definition) is 4. The summed E-state index contributed by atoms with van der Waals surface area (Å²) in [4.78, 5) is 12.1. The minimum Gasteiger partial charge on any atom is -0.380 e. The molecule has 5 nitrogen and oxygen atoms in total. The van der Waals surface area contributed by atoms with Crippen LogP contribution >= 0.6 is 0 Å². The van der Waals surface area contributed by atoms with Crippen LogP contribution in [0.25, 0.3) is 0 Å². The van der Waals surface area contributed by atoms with Crippen molar-refractivity contribution in [2.24, 2.45) is 11.1 Å². The van der Waals surface area contributed by atoms with E-state index in [2.05, 4.69) is 19.2 Å². The number of carbonyl (C=O) groups is 1. The number of hydrogen-bond donors (Lipinski definition) is 2. The van der Waals surface area contributed by atoms with Crippen molar-refractivity contribution in [2.45, 2.75) is 64.7 Å². The fourth-order valence-corrected chi connectivity index (χ4v) is 3.31. The maximum Gasteiger partial charge on any atom is 0.222 e. The number of carbonyl (C=O) groups excluding carboxylic acids is 1. The molecule has 0 aliphatic heterocycles. The Hall–Kier alpha value is -0.650. The van der Waals surface area contributed by atoms with E-state index >= 15 is 0 Å². The summed E-state index contributed by atoms with van der Waals surface area (Å²) in [6.07, 6.45) is 3.33. The minimum absolute atomic E-state index is 0.0218. The fourth-order valence-electron chi connectivity index (χ4n) is 3.31. The van der Waals surface area contributed by atoms with E-state index in [1.807, 2.05) is 6.92 Å². The zero-order valence-corrected chi connectivity index (χ0v) is 13.3. The summed E-state index contributed by atoms with van der Waals surface area (Å²) in [5.41, 5.74) is 5.63. The molecule has 118 valence electrons. The van der Waals surface area contributed by atoms with Crippen LogP contribution in [0, 0.1) is 5.41 Å². The molecule has 0 aromatic rings. The zero-order chi connectivity index (χ0) is 15.2. The number of nitrogens with one attached hydrogen (secondary N) is 1. The minimum atomic E-state index is -0.199. The fraction of sp³-hybridized carbons (Fsp3) is 0.933. The predicted molar refractivity (Wildman–Crippen MR) is 79.4 cm³/mol. The number of nitrogens with two attached hydrogens (primary N) is 1. The first-order valence-corrected chi connectivity index (χ1v) is 7.71. The average Bonchev–Trinajstić information content (AvgIpc) is 2.45. The standard InChI is InChI=1S/C15H30N2O3/c1-5-15(6-2)12(9-13(15)20-7-3)17-14(18)8-11(10-16)19-4/h11-13H,5-10,16H2,1-4H3,(H,17,18). The Morgan fingerprint density at radius 3 is 2.50 bits per heavy atom. The maximum atomic E-state index is 12.1. The van der Waals surface area contributed by atoms with Gasteiger partial charge in [-0.2, -0.15) is 0 Å². The van der Waals surface area contributed by atoms with Gasteiger partial charge in [0.05, 0.1) is 18.6 Å². The highest BCUT2D eigenvalue weighted by molar-refractivity contribution is 5.77. The molecule has 3 N–H and O–H groups in total. The van der Waals surface area contributed by atoms with Gasteiger partial charge in [-0.1, -0.05) is 13.8 Å². The van der Waals surface area contributed by atoms with Gasteiger partial charge in [0.2, 0.25) is 5.91 Å². The Morgan fingerprint density at radius 2 is 2.05 bits per heavy atom. The van der Waals surface area contributed by atoms with Gasteiger partial charge in [0, 0.05) is 31.7 Å². The van der Waals surface area contributed by atoms with Gasteiger partial charge < -0.3 is 20.5 Å². The predicted octanol–water partition coefficient (Wildman–Crippen LogP) is 1.45. The van der Waals surface area contributed by atoms with E-state index in [-0.39, 0.29) is 29.6 Å². The van der Waals surface area contributed by atoms with Gasteiger partial charge in [-0.05, 0) is 26.2 Å². The Kier molecular flexibility index (Phi) is 6.92. The van der Waals surface area contributed by atoms with Crippen molar-refractivity contribution >= 4 is 5.91 Å². The number of ether oxygens (including phenoxy) is 2. The third kappa shape index (κ3) is 3.51. The molecular weight excluding hydrogens is 256 g/mol. The van der Waals surface area contributed by atoms with Crippen LogP contribution in [0.4, 0.5) is 0 Å². The Labute approximate surface area is 122 Å². The van der Waals surface area contributed by atoms with Crippen LogP contribution in [0.5, 0.6) is 0 Å². The van der Waals surface area contributed by atoms with Gasteiger partial charge >= 0.3 is 0 Å². The highest BCUT2D eigenvalue weighted by atomic mass is 16.5. The highest BCUT2D eigenvalue weighted by Gasteiger charge is 2.53. The van der Waals surface area contributed by atoms with Crippen LogP contribution in [0.1, 0.15) is 46.5 Å². The Bertz CT molecular complexity index is 301. The van der Waals surface area contributed by atoms with Crippen LogP contribution in [0.15, 0.2) is 0 Å². The molecule has 5 heteroatoms. The highest BCUT2D eigenvalue weighted by Crippen LogP contribution is 2.48. The molecule has 3 atom stereocenters. The lowest BCUT2D eigenvalue weighted by Crippen LogP contribution is -2.64. The zero-order valence-electron chi connectivity index (χ0n) is 13.3. The number of amides is 1. The maximum absolute atomic E-state index is 12.1. The molecule has 1 aliphatic carbocycles. The molecule has 0 bridgehead atoms. The van der Waals surface area contributed by atoms with E-state index in [0.717, 1.165) is 25.9 Å². The van der Waals surface area contributed by atoms with E-state index in [1.165, 1.54) is 0 Å². The van der Waals surface area contributed by atoms with Crippen LogP contribution < -0.4 is 11.1 Å². The van der Waals surface area contributed by atoms with Crippen LogP contribution in [0.2, 0.25) is 0 Å². The molecule has 0 spiro atoms. The van der Waals surface area contributed by atoms with Crippen molar-refractivity contribution in [2.75, 3.05) is 20.3 Å². The molecular formula is C15H30N2O3. The monoisotopic (exact) mass is 286 g/mol. The lowest BCUT2D eigenvalue weighted by atomic mass is 9.58. The smallest absolute Gasteiger partial charge is 0.222 e. The van der Waals surface area contributed by atoms with Gasteiger partial charge in [-0.25, -0.2) is 0 Å². The second-order valence-corrected chi connectivity index (χ2v) is 5.54. The van der Waals surface area contributed by atoms with Crippen molar-refractivity contribution in [3.8, 4) is 0 Å². The SMILES string of the molecule is CCOC1CC(NC(=O)CC(CN)OC)C1(CC)CC. The first-order chi connectivity index (χ1) is 9.57. The van der Waals surface area contributed by atoms with Crippen molar-refractivity contribution < 1.29 is 14.3 Å². The first-order valence-electron chi connectivity index (χ1n) is 7.71. The van der Waals surface area contributed by atoms with Crippen LogP contribution in [-0.4, -0.2) is 44.4 Å². The molecule has 0 radical (unpaired) electrons. The number of rotatable bonds is 9. The van der Waals surface area contributed by atoms with Gasteiger partial charge in [0.15, 0.2) is 0 Å². The molecule has 3 unspecified atom stereocenters. The van der Waals surface area contributed by atoms with Gasteiger partial charge in [0.25, 0.3) is 0 Å². The largest absolute Gasteiger partial charge is 0.380 e. The van der Waals surface area contributed by atoms with Gasteiger partial charge in [-0.15, -0.1) is 0 Å². The lowest BCUT2D eigenvalue weighted by molar-refractivity contribution is -0.149. The van der Waals surface area contributed by atoms with E-state index < -0.39 is 0 Å². The second kappa shape index (κ2) is 7.96. The molecule has 1 fully saturated rings. The van der Waals surface area contributed by atoms with Crippen LogP contribution in [-0.2, 0) is 14.3 Å². The molecule has 0 aromatic heterocycles. The molecule has 0 saturated heterocycles. The molecule has 0 aromatic carbocycles. The summed E-state index contributed by atoms with van der Waals surface area (Å²) >= 11 is 0. The molecule has 0 heterocycles. The average molecular weight is 286 g/mol. The topological polar surface area (TPSA) is 73.6 Å². The summed E-state index contributed by atoms with van der Waals surface area (Å²) in [6.45, 7) is 7.46. The summed E-state index contributed by atoms with van der Waals surface area (Å²) in [7, 11) is 1.58. The summed E-state index contributed by atoms with van der Waals surface area (Å²) in [6, 6.07) is 0.205. The molecule has 1 aliphatic rings. The van der Waals surface area contributed by atoms with E-state index in [4.69, 9.17) is 15.2 Å². The van der Waals surface area contributed by atoms with Crippen molar-refractivity contribution in [3.05, 3.63) is 0 Å². The normalized spacial score (nSPS) is 25.9. The Balaban J connectivity index is 2.57. The Morgan fingerprint density at radius 1 is 1.40 bits per heavy atom. The van der Waals surface area contributed by atoms with E-state index in [1.54, 1.807) is 7.11 Å². The quantitative estimate of drug-likeness (QED) is 0.673. The van der Waals surface area contributed by atoms with Crippen molar-refractivity contribution in [1.82, 2.24) is 5.32 Å². The van der Waals surface area contributed by atoms with Crippen LogP contribution in [0.3, 0.4) is 0 Å². The van der Waals surface area contributed by atoms with Crippen molar-refractivity contribution in [1.29, 1.82) is 0 Å². The molecule has 1 amide bonds. The third-order valence-corrected chi connectivity index (χ3v) is 4.81. The molecule has 1 saturated carbocycles. The van der Waals surface area contributed by atoms with E-state index in [9.17, 15) is 4.79 Å². The van der Waals surface area contributed by atoms with E-state index in [0.29, 0.717) is 13.0 Å². The van der Waals surface area contributed by atoms with Crippen molar-refractivity contribution in [3.63, 3.8) is 0 Å². The van der Waals surface area contributed by atoms with Gasteiger partial charge in [0.1, 0.15) is 0 Å². The lowest BCUT2D eigenvalue weighted by Gasteiger charge is -2.55. The summed E-state index contributed by atoms with van der Waals surface area (Å²) in [5, 5.41) is 3.14.